The number of anilines is 1. The molecule has 0 aliphatic carbocycles. The van der Waals surface area contributed by atoms with Crippen LogP contribution in [0.5, 0.6) is 0 Å². The summed E-state index contributed by atoms with van der Waals surface area (Å²) in [6.45, 7) is 0. The maximum atomic E-state index is 13.0. The number of halogens is 1. The average Bonchev–Trinajstić information content (AvgIpc) is 3.06. The first kappa shape index (κ1) is 16.3. The maximum absolute atomic E-state index is 13.0. The Morgan fingerprint density at radius 3 is 2.38 bits per heavy atom. The second-order valence-corrected chi connectivity index (χ2v) is 7.31. The van der Waals surface area contributed by atoms with E-state index in [0.29, 0.717) is 28.2 Å². The summed E-state index contributed by atoms with van der Waals surface area (Å²) in [5.41, 5.74) is 2.00. The van der Waals surface area contributed by atoms with Crippen LogP contribution in [0.15, 0.2) is 82.1 Å². The van der Waals surface area contributed by atoms with Crippen LogP contribution in [0.4, 0.5) is 10.1 Å². The summed E-state index contributed by atoms with van der Waals surface area (Å²) in [7, 11) is -3.69. The first-order valence-electron chi connectivity index (χ1n) is 7.76. The van der Waals surface area contributed by atoms with Crippen LogP contribution in [-0.4, -0.2) is 13.4 Å². The van der Waals surface area contributed by atoms with Gasteiger partial charge in [-0.25, -0.2) is 17.8 Å². The van der Waals surface area contributed by atoms with Crippen LogP contribution in [0.25, 0.3) is 22.6 Å². The predicted octanol–water partition coefficient (Wildman–Crippen LogP) is 4.43. The number of sulfonamides is 1. The third-order valence-corrected chi connectivity index (χ3v) is 5.18. The molecule has 0 aliphatic rings. The van der Waals surface area contributed by atoms with E-state index in [1.54, 1.807) is 48.5 Å². The van der Waals surface area contributed by atoms with Crippen molar-refractivity contribution in [3.05, 3.63) is 78.6 Å². The molecular formula is C19H13FN2O3S. The summed E-state index contributed by atoms with van der Waals surface area (Å²) in [5, 5.41) is 0. The maximum Gasteiger partial charge on any atom is 0.261 e. The van der Waals surface area contributed by atoms with Crippen molar-refractivity contribution in [2.24, 2.45) is 0 Å². The summed E-state index contributed by atoms with van der Waals surface area (Å²) < 4.78 is 46.1. The number of benzene rings is 3. The van der Waals surface area contributed by atoms with Crippen molar-refractivity contribution in [3.63, 3.8) is 0 Å². The highest BCUT2D eigenvalue weighted by Gasteiger charge is 2.15. The summed E-state index contributed by atoms with van der Waals surface area (Å²) in [6, 6.07) is 18.7. The molecule has 0 spiro atoms. The Kier molecular flexibility index (Phi) is 3.93. The molecule has 1 heterocycles. The molecule has 130 valence electrons. The van der Waals surface area contributed by atoms with Crippen LogP contribution in [0.2, 0.25) is 0 Å². The lowest BCUT2D eigenvalue weighted by molar-refractivity contribution is 0.601. The van der Waals surface area contributed by atoms with Gasteiger partial charge < -0.3 is 4.42 Å². The lowest BCUT2D eigenvalue weighted by Gasteiger charge is -2.07. The van der Waals surface area contributed by atoms with Gasteiger partial charge in [-0.05, 0) is 48.5 Å². The van der Waals surface area contributed by atoms with E-state index in [2.05, 4.69) is 9.71 Å². The standard InChI is InChI=1S/C19H13FN2O3S/c20-14-8-6-13(7-9-14)19-21-17-11-10-15(12-18(17)25-19)22-26(23,24)16-4-2-1-3-5-16/h1-12,22H. The molecule has 0 amide bonds. The molecule has 0 saturated carbocycles. The third kappa shape index (κ3) is 3.16. The minimum atomic E-state index is -3.69. The molecule has 0 saturated heterocycles. The van der Waals surface area contributed by atoms with Gasteiger partial charge in [0.2, 0.25) is 5.89 Å². The molecule has 1 N–H and O–H groups in total. The van der Waals surface area contributed by atoms with Gasteiger partial charge in [-0.15, -0.1) is 0 Å². The molecule has 4 rings (SSSR count). The molecule has 7 heteroatoms. The van der Waals surface area contributed by atoms with Crippen LogP contribution in [0, 0.1) is 5.82 Å². The van der Waals surface area contributed by atoms with Gasteiger partial charge in [-0.1, -0.05) is 18.2 Å². The highest BCUT2D eigenvalue weighted by atomic mass is 32.2. The minimum Gasteiger partial charge on any atom is -0.436 e. The molecule has 4 aromatic rings. The van der Waals surface area contributed by atoms with Crippen LogP contribution >= 0.6 is 0 Å². The minimum absolute atomic E-state index is 0.171. The molecule has 0 fully saturated rings. The van der Waals surface area contributed by atoms with E-state index >= 15 is 0 Å². The van der Waals surface area contributed by atoms with E-state index in [1.807, 2.05) is 0 Å². The zero-order valence-corrected chi connectivity index (χ0v) is 14.2. The Hall–Kier alpha value is -3.19. The van der Waals surface area contributed by atoms with Crippen molar-refractivity contribution in [2.75, 3.05) is 4.72 Å². The molecule has 26 heavy (non-hydrogen) atoms. The molecule has 0 aliphatic heterocycles. The highest BCUT2D eigenvalue weighted by molar-refractivity contribution is 7.92. The molecule has 0 bridgehead atoms. The van der Waals surface area contributed by atoms with Gasteiger partial charge in [0, 0.05) is 11.6 Å². The van der Waals surface area contributed by atoms with Gasteiger partial charge in [-0.2, -0.15) is 0 Å². The van der Waals surface area contributed by atoms with Gasteiger partial charge in [0.1, 0.15) is 11.3 Å². The SMILES string of the molecule is O=S(=O)(Nc1ccc2nc(-c3ccc(F)cc3)oc2c1)c1ccccc1. The Morgan fingerprint density at radius 2 is 1.65 bits per heavy atom. The van der Waals surface area contributed by atoms with Crippen LogP contribution in [-0.2, 0) is 10.0 Å². The monoisotopic (exact) mass is 368 g/mol. The molecule has 5 nitrogen and oxygen atoms in total. The number of hydrogen-bond donors (Lipinski definition) is 1. The number of fused-ring (bicyclic) bond motifs is 1. The fraction of sp³-hybridized carbons (Fsp3) is 0. The van der Waals surface area contributed by atoms with E-state index in [9.17, 15) is 12.8 Å². The Bertz CT molecular complexity index is 1170. The number of nitrogens with zero attached hydrogens (tertiary/aromatic N) is 1. The third-order valence-electron chi connectivity index (χ3n) is 3.79. The van der Waals surface area contributed by atoms with E-state index < -0.39 is 10.0 Å². The van der Waals surface area contributed by atoms with Crippen LogP contribution in [0.3, 0.4) is 0 Å². The van der Waals surface area contributed by atoms with Crippen LogP contribution < -0.4 is 4.72 Å². The summed E-state index contributed by atoms with van der Waals surface area (Å²) in [6.07, 6.45) is 0. The van der Waals surface area contributed by atoms with Crippen molar-refractivity contribution in [1.82, 2.24) is 4.98 Å². The average molecular weight is 368 g/mol. The zero-order valence-electron chi connectivity index (χ0n) is 13.4. The number of aromatic nitrogens is 1. The van der Waals surface area contributed by atoms with Crippen molar-refractivity contribution < 1.29 is 17.2 Å². The first-order valence-corrected chi connectivity index (χ1v) is 9.24. The second kappa shape index (κ2) is 6.27. The predicted molar refractivity (Wildman–Crippen MR) is 96.7 cm³/mol. The lowest BCUT2D eigenvalue weighted by atomic mass is 10.2. The fourth-order valence-electron chi connectivity index (χ4n) is 2.52. The number of oxazole rings is 1. The van der Waals surface area contributed by atoms with Gasteiger partial charge in [-0.3, -0.25) is 4.72 Å². The quantitative estimate of drug-likeness (QED) is 0.578. The van der Waals surface area contributed by atoms with Crippen molar-refractivity contribution in [3.8, 4) is 11.5 Å². The van der Waals surface area contributed by atoms with Gasteiger partial charge in [0.15, 0.2) is 5.58 Å². The van der Waals surface area contributed by atoms with E-state index in [1.165, 1.54) is 24.3 Å². The van der Waals surface area contributed by atoms with Gasteiger partial charge in [0.05, 0.1) is 10.6 Å². The fourth-order valence-corrected chi connectivity index (χ4v) is 3.59. The van der Waals surface area contributed by atoms with Crippen molar-refractivity contribution in [2.45, 2.75) is 4.90 Å². The number of rotatable bonds is 4. The molecular weight excluding hydrogens is 355 g/mol. The van der Waals surface area contributed by atoms with E-state index in [0.717, 1.165) is 0 Å². The molecule has 0 atom stereocenters. The Labute approximate surface area is 149 Å². The number of hydrogen-bond acceptors (Lipinski definition) is 4. The van der Waals surface area contributed by atoms with Crippen molar-refractivity contribution >= 4 is 26.8 Å². The second-order valence-electron chi connectivity index (χ2n) is 5.63. The van der Waals surface area contributed by atoms with Gasteiger partial charge >= 0.3 is 0 Å². The Morgan fingerprint density at radius 1 is 0.923 bits per heavy atom. The van der Waals surface area contributed by atoms with E-state index in [4.69, 9.17) is 4.42 Å². The summed E-state index contributed by atoms with van der Waals surface area (Å²) >= 11 is 0. The zero-order chi connectivity index (χ0) is 18.1. The van der Waals surface area contributed by atoms with E-state index in [-0.39, 0.29) is 10.7 Å². The molecule has 1 aromatic heterocycles. The van der Waals surface area contributed by atoms with Gasteiger partial charge in [0.25, 0.3) is 10.0 Å². The normalized spacial score (nSPS) is 11.6. The highest BCUT2D eigenvalue weighted by Crippen LogP contribution is 2.27. The Balaban J connectivity index is 1.67. The number of nitrogens with one attached hydrogen (secondary N) is 1. The van der Waals surface area contributed by atoms with Crippen LogP contribution in [0.1, 0.15) is 0 Å². The molecule has 0 radical (unpaired) electrons. The smallest absolute Gasteiger partial charge is 0.261 e. The first-order chi connectivity index (χ1) is 12.5. The molecule has 3 aromatic carbocycles. The lowest BCUT2D eigenvalue weighted by Crippen LogP contribution is -2.12. The largest absolute Gasteiger partial charge is 0.436 e. The molecule has 0 unspecified atom stereocenters. The summed E-state index contributed by atoms with van der Waals surface area (Å²) in [4.78, 5) is 4.51. The topological polar surface area (TPSA) is 72.2 Å². The summed E-state index contributed by atoms with van der Waals surface area (Å²) in [5.74, 6) is -0.00877. The van der Waals surface area contributed by atoms with Crippen molar-refractivity contribution in [1.29, 1.82) is 0 Å².